The molecule has 0 fully saturated rings. The second-order valence-corrected chi connectivity index (χ2v) is 7.06. The Morgan fingerprint density at radius 2 is 1.78 bits per heavy atom. The number of nitrogens with one attached hydrogen (secondary N) is 1. The molecule has 3 aromatic rings. The molecular formula is C18H16N2OS2. The normalized spacial score (nSPS) is 11.0. The fourth-order valence-electron chi connectivity index (χ4n) is 2.16. The van der Waals surface area contributed by atoms with Crippen LogP contribution in [0.5, 0.6) is 0 Å². The standard InChI is InChI=1S/C18H16N2OS2/c1-12-3-5-14(6-4-12)15-8-10-23-17(15)18(21)20-19-11-16-13(2)7-9-22-16/h3-11H,1-2H3,(H,20,21)/b19-11-. The maximum absolute atomic E-state index is 12.4. The van der Waals surface area contributed by atoms with Crippen molar-refractivity contribution >= 4 is 34.8 Å². The van der Waals surface area contributed by atoms with Gasteiger partial charge in [-0.25, -0.2) is 5.43 Å². The van der Waals surface area contributed by atoms with Gasteiger partial charge in [0, 0.05) is 10.4 Å². The van der Waals surface area contributed by atoms with E-state index >= 15 is 0 Å². The number of hydrogen-bond acceptors (Lipinski definition) is 4. The van der Waals surface area contributed by atoms with Gasteiger partial charge in [-0.1, -0.05) is 29.8 Å². The van der Waals surface area contributed by atoms with E-state index in [1.165, 1.54) is 16.9 Å². The predicted octanol–water partition coefficient (Wildman–Crippen LogP) is 4.86. The highest BCUT2D eigenvalue weighted by atomic mass is 32.1. The monoisotopic (exact) mass is 340 g/mol. The van der Waals surface area contributed by atoms with Gasteiger partial charge in [0.05, 0.1) is 6.21 Å². The van der Waals surface area contributed by atoms with Crippen LogP contribution in [0, 0.1) is 13.8 Å². The molecule has 0 saturated carbocycles. The summed E-state index contributed by atoms with van der Waals surface area (Å²) in [6.45, 7) is 4.07. The topological polar surface area (TPSA) is 41.5 Å². The van der Waals surface area contributed by atoms with Crippen LogP contribution in [0.4, 0.5) is 0 Å². The van der Waals surface area contributed by atoms with Crippen molar-refractivity contribution in [3.05, 3.63) is 68.0 Å². The van der Waals surface area contributed by atoms with E-state index < -0.39 is 0 Å². The molecule has 0 radical (unpaired) electrons. The molecule has 0 aliphatic rings. The molecule has 1 N–H and O–H groups in total. The molecule has 1 amide bonds. The van der Waals surface area contributed by atoms with Crippen molar-refractivity contribution in [1.82, 2.24) is 5.43 Å². The summed E-state index contributed by atoms with van der Waals surface area (Å²) in [6, 6.07) is 12.2. The summed E-state index contributed by atoms with van der Waals surface area (Å²) in [5, 5.41) is 8.01. The van der Waals surface area contributed by atoms with Gasteiger partial charge in [0.1, 0.15) is 4.88 Å². The lowest BCUT2D eigenvalue weighted by atomic mass is 10.1. The summed E-state index contributed by atoms with van der Waals surface area (Å²) in [6.07, 6.45) is 1.69. The Kier molecular flexibility index (Phi) is 4.69. The summed E-state index contributed by atoms with van der Waals surface area (Å²) < 4.78 is 0. The predicted molar refractivity (Wildman–Crippen MR) is 98.6 cm³/mol. The van der Waals surface area contributed by atoms with Crippen molar-refractivity contribution in [2.24, 2.45) is 5.10 Å². The maximum atomic E-state index is 12.4. The Bertz CT molecular complexity index is 844. The smallest absolute Gasteiger partial charge is 0.266 e. The number of amides is 1. The Hall–Kier alpha value is -2.24. The van der Waals surface area contributed by atoms with Gasteiger partial charge >= 0.3 is 0 Å². The molecule has 3 nitrogen and oxygen atoms in total. The SMILES string of the molecule is Cc1ccc(-c2ccsc2C(=O)N/N=C\c2sccc2C)cc1. The van der Waals surface area contributed by atoms with Crippen LogP contribution in [0.25, 0.3) is 11.1 Å². The van der Waals surface area contributed by atoms with Gasteiger partial charge in [-0.05, 0) is 47.9 Å². The molecule has 0 atom stereocenters. The average molecular weight is 340 g/mol. The van der Waals surface area contributed by atoms with Crippen LogP contribution < -0.4 is 5.43 Å². The first-order valence-corrected chi connectivity index (χ1v) is 8.93. The molecule has 116 valence electrons. The molecule has 23 heavy (non-hydrogen) atoms. The fraction of sp³-hybridized carbons (Fsp3) is 0.111. The molecule has 0 spiro atoms. The number of carbonyl (C=O) groups is 1. The lowest BCUT2D eigenvalue weighted by Crippen LogP contribution is -2.17. The highest BCUT2D eigenvalue weighted by Gasteiger charge is 2.14. The number of aryl methyl sites for hydroxylation is 2. The highest BCUT2D eigenvalue weighted by molar-refractivity contribution is 7.12. The molecule has 3 rings (SSSR count). The third-order valence-corrected chi connectivity index (χ3v) is 5.35. The zero-order valence-corrected chi connectivity index (χ0v) is 14.5. The maximum Gasteiger partial charge on any atom is 0.282 e. The molecule has 0 bridgehead atoms. The lowest BCUT2D eigenvalue weighted by Gasteiger charge is -2.03. The minimum Gasteiger partial charge on any atom is -0.266 e. The second kappa shape index (κ2) is 6.89. The van der Waals surface area contributed by atoms with Crippen molar-refractivity contribution < 1.29 is 4.79 Å². The second-order valence-electron chi connectivity index (χ2n) is 5.20. The van der Waals surface area contributed by atoms with Crippen molar-refractivity contribution in [2.75, 3.05) is 0 Å². The third kappa shape index (κ3) is 3.57. The quantitative estimate of drug-likeness (QED) is 0.535. The molecular weight excluding hydrogens is 324 g/mol. The van der Waals surface area contributed by atoms with Gasteiger partial charge in [0.25, 0.3) is 5.91 Å². The lowest BCUT2D eigenvalue weighted by molar-refractivity contribution is 0.0960. The largest absolute Gasteiger partial charge is 0.282 e. The van der Waals surface area contributed by atoms with Crippen molar-refractivity contribution in [3.8, 4) is 11.1 Å². The van der Waals surface area contributed by atoms with E-state index in [-0.39, 0.29) is 5.91 Å². The van der Waals surface area contributed by atoms with E-state index in [0.717, 1.165) is 21.6 Å². The van der Waals surface area contributed by atoms with Crippen LogP contribution in [-0.2, 0) is 0 Å². The first-order chi connectivity index (χ1) is 11.1. The molecule has 0 unspecified atom stereocenters. The minimum absolute atomic E-state index is 0.180. The van der Waals surface area contributed by atoms with E-state index in [1.807, 2.05) is 61.0 Å². The van der Waals surface area contributed by atoms with E-state index in [1.54, 1.807) is 17.6 Å². The van der Waals surface area contributed by atoms with Crippen LogP contribution in [-0.4, -0.2) is 12.1 Å². The van der Waals surface area contributed by atoms with Gasteiger partial charge in [0.2, 0.25) is 0 Å². The Morgan fingerprint density at radius 1 is 1.04 bits per heavy atom. The van der Waals surface area contributed by atoms with Crippen LogP contribution in [0.15, 0.2) is 52.3 Å². The molecule has 1 aromatic carbocycles. The highest BCUT2D eigenvalue weighted by Crippen LogP contribution is 2.28. The fourth-order valence-corrected chi connectivity index (χ4v) is 3.75. The number of hydrazone groups is 1. The molecule has 5 heteroatoms. The number of benzene rings is 1. The van der Waals surface area contributed by atoms with Gasteiger partial charge in [-0.2, -0.15) is 5.10 Å². The third-order valence-electron chi connectivity index (χ3n) is 3.48. The first-order valence-electron chi connectivity index (χ1n) is 7.17. The Morgan fingerprint density at radius 3 is 2.48 bits per heavy atom. The van der Waals surface area contributed by atoms with Crippen LogP contribution in [0.2, 0.25) is 0 Å². The van der Waals surface area contributed by atoms with Crippen molar-refractivity contribution in [1.29, 1.82) is 0 Å². The summed E-state index contributed by atoms with van der Waals surface area (Å²) in [5.74, 6) is -0.180. The van der Waals surface area contributed by atoms with Gasteiger partial charge in [0.15, 0.2) is 0 Å². The minimum atomic E-state index is -0.180. The Balaban J connectivity index is 1.76. The van der Waals surface area contributed by atoms with Gasteiger partial charge in [-0.3, -0.25) is 4.79 Å². The number of rotatable bonds is 4. The number of hydrogen-bond donors (Lipinski definition) is 1. The Labute approximate surface area is 143 Å². The summed E-state index contributed by atoms with van der Waals surface area (Å²) >= 11 is 3.03. The van der Waals surface area contributed by atoms with Crippen LogP contribution in [0.3, 0.4) is 0 Å². The summed E-state index contributed by atoms with van der Waals surface area (Å²) in [5.41, 5.74) is 6.96. The van der Waals surface area contributed by atoms with E-state index in [0.29, 0.717) is 4.88 Å². The average Bonchev–Trinajstić information content (AvgIpc) is 3.17. The first kappa shape index (κ1) is 15.6. The molecule has 0 saturated heterocycles. The van der Waals surface area contributed by atoms with Gasteiger partial charge < -0.3 is 0 Å². The van der Waals surface area contributed by atoms with Crippen LogP contribution >= 0.6 is 22.7 Å². The molecule has 0 aliphatic heterocycles. The van der Waals surface area contributed by atoms with E-state index in [9.17, 15) is 4.79 Å². The van der Waals surface area contributed by atoms with Crippen molar-refractivity contribution in [3.63, 3.8) is 0 Å². The zero-order valence-electron chi connectivity index (χ0n) is 12.9. The number of thiophene rings is 2. The van der Waals surface area contributed by atoms with Gasteiger partial charge in [-0.15, -0.1) is 22.7 Å². The number of nitrogens with zero attached hydrogens (tertiary/aromatic N) is 1. The summed E-state index contributed by atoms with van der Waals surface area (Å²) in [4.78, 5) is 14.1. The molecule has 2 heterocycles. The van der Waals surface area contributed by atoms with E-state index in [4.69, 9.17) is 0 Å². The van der Waals surface area contributed by atoms with Crippen molar-refractivity contribution in [2.45, 2.75) is 13.8 Å². The zero-order chi connectivity index (χ0) is 16.2. The molecule has 0 aliphatic carbocycles. The number of carbonyl (C=O) groups excluding carboxylic acids is 1. The summed E-state index contributed by atoms with van der Waals surface area (Å²) in [7, 11) is 0. The van der Waals surface area contributed by atoms with Crippen LogP contribution in [0.1, 0.15) is 25.7 Å². The molecule has 2 aromatic heterocycles. The van der Waals surface area contributed by atoms with E-state index in [2.05, 4.69) is 10.5 Å².